The highest BCUT2D eigenvalue weighted by atomic mass is 19.4. The summed E-state index contributed by atoms with van der Waals surface area (Å²) in [7, 11) is 0. The number of amides is 3. The maximum atomic E-state index is 14.3. The third-order valence-electron chi connectivity index (χ3n) is 6.95. The quantitative estimate of drug-likeness (QED) is 0.256. The fourth-order valence-corrected chi connectivity index (χ4v) is 4.94. The molecule has 3 amide bonds. The first-order chi connectivity index (χ1) is 20.3. The molecular weight excluding hydrogens is 571 g/mol. The second kappa shape index (κ2) is 11.8. The number of nitrogens with zero attached hydrogens (tertiary/aromatic N) is 3. The van der Waals surface area contributed by atoms with Gasteiger partial charge in [-0.05, 0) is 42.8 Å². The van der Waals surface area contributed by atoms with Gasteiger partial charge >= 0.3 is 30.2 Å². The second-order valence-corrected chi connectivity index (χ2v) is 9.56. The number of carbonyl (C=O) groups excluding carboxylic acids is 2. The van der Waals surface area contributed by atoms with Crippen LogP contribution in [0.3, 0.4) is 0 Å². The van der Waals surface area contributed by atoms with Crippen LogP contribution in [0.25, 0.3) is 0 Å². The van der Waals surface area contributed by atoms with Gasteiger partial charge in [-0.25, -0.2) is 19.3 Å². The molecule has 3 aromatic carbocycles. The number of benzene rings is 3. The first kappa shape index (κ1) is 30.5. The number of carboxylic acid groups (broad SMARTS) is 2. The van der Waals surface area contributed by atoms with Gasteiger partial charge in [-0.1, -0.05) is 48.5 Å². The van der Waals surface area contributed by atoms with E-state index >= 15 is 0 Å². The van der Waals surface area contributed by atoms with Gasteiger partial charge in [0.1, 0.15) is 12.2 Å². The molecule has 0 radical (unpaired) electrons. The smallest absolute Gasteiger partial charge is 0.478 e. The van der Waals surface area contributed by atoms with Crippen molar-refractivity contribution in [3.05, 3.63) is 112 Å². The summed E-state index contributed by atoms with van der Waals surface area (Å²) in [5, 5.41) is 30.2. The van der Waals surface area contributed by atoms with Gasteiger partial charge in [0.25, 0.3) is 0 Å². The van der Waals surface area contributed by atoms with Crippen LogP contribution in [0, 0.1) is 11.3 Å². The molecule has 1 heterocycles. The third-order valence-corrected chi connectivity index (χ3v) is 6.95. The minimum absolute atomic E-state index is 0.0500. The van der Waals surface area contributed by atoms with Gasteiger partial charge < -0.3 is 14.9 Å². The van der Waals surface area contributed by atoms with Crippen molar-refractivity contribution >= 4 is 29.8 Å². The van der Waals surface area contributed by atoms with E-state index in [4.69, 9.17) is 4.74 Å². The number of urea groups is 1. The molecule has 43 heavy (non-hydrogen) atoms. The molecule has 0 aliphatic carbocycles. The number of halogens is 3. The molecule has 2 N–H and O–H groups in total. The Balaban J connectivity index is 1.95. The highest BCUT2D eigenvalue weighted by Crippen LogP contribution is 2.45. The van der Waals surface area contributed by atoms with Gasteiger partial charge in [-0.15, -0.1) is 4.48 Å². The summed E-state index contributed by atoms with van der Waals surface area (Å²) >= 11 is 0. The topological polar surface area (TPSA) is 145 Å². The molecule has 2 atom stereocenters. The second-order valence-electron chi connectivity index (χ2n) is 9.56. The molecule has 1 aliphatic heterocycles. The Morgan fingerprint density at radius 3 is 2.21 bits per heavy atom. The summed E-state index contributed by atoms with van der Waals surface area (Å²) < 4.78 is 44.0. The number of rotatable bonds is 7. The number of aliphatic carboxylic acids is 1. The van der Waals surface area contributed by atoms with Crippen LogP contribution in [0.5, 0.6) is 0 Å². The summed E-state index contributed by atoms with van der Waals surface area (Å²) in [6, 6.07) is 15.3. The molecule has 0 fully saturated rings. The highest BCUT2D eigenvalue weighted by molar-refractivity contribution is 6.03. The lowest BCUT2D eigenvalue weighted by Crippen LogP contribution is -2.68. The van der Waals surface area contributed by atoms with Gasteiger partial charge in [0.05, 0.1) is 22.9 Å². The van der Waals surface area contributed by atoms with E-state index in [-0.39, 0.29) is 23.4 Å². The number of anilines is 1. The van der Waals surface area contributed by atoms with E-state index in [0.29, 0.717) is 16.5 Å². The summed E-state index contributed by atoms with van der Waals surface area (Å²) in [6.07, 6.45) is -6.80. The van der Waals surface area contributed by atoms with E-state index in [1.165, 1.54) is 24.3 Å². The lowest BCUT2D eigenvalue weighted by Gasteiger charge is -2.44. The number of quaternary nitrogens is 1. The molecule has 0 aromatic heterocycles. The van der Waals surface area contributed by atoms with E-state index in [0.717, 1.165) is 25.1 Å². The van der Waals surface area contributed by atoms with Crippen molar-refractivity contribution in [3.8, 4) is 6.07 Å². The molecule has 13 heteroatoms. The zero-order chi connectivity index (χ0) is 31.5. The van der Waals surface area contributed by atoms with Crippen molar-refractivity contribution in [1.82, 2.24) is 0 Å². The predicted molar refractivity (Wildman–Crippen MR) is 143 cm³/mol. The van der Waals surface area contributed by atoms with Crippen LogP contribution in [0.15, 0.2) is 90.1 Å². The summed E-state index contributed by atoms with van der Waals surface area (Å²) in [5.74, 6) is -2.87. The standard InChI is InChI=1S/C30H22F3N3O7/c1-18-25(27(38)39)26(21-12-10-19(15-34)11-13-21)36(29(41)42,16-24(37)43-17-20-6-3-2-4-7-20)28(40)35(18)23-9-5-8-22(14-23)30(31,32)33/h2-14,26H,16-17H2,1H3,(H-,38,39,41,42)/p+1. The first-order valence-electron chi connectivity index (χ1n) is 12.6. The fraction of sp³-hybridized carbons (Fsp3) is 0.167. The first-order valence-corrected chi connectivity index (χ1v) is 12.6. The Hall–Kier alpha value is -5.48. The number of ether oxygens (including phenoxy) is 1. The van der Waals surface area contributed by atoms with Crippen molar-refractivity contribution < 1.29 is 51.8 Å². The Morgan fingerprint density at radius 1 is 1.00 bits per heavy atom. The number of alkyl halides is 3. The molecule has 1 aliphatic rings. The molecule has 0 saturated heterocycles. The van der Waals surface area contributed by atoms with E-state index in [2.05, 4.69) is 0 Å². The van der Waals surface area contributed by atoms with E-state index in [1.807, 2.05) is 6.07 Å². The monoisotopic (exact) mass is 594 g/mol. The molecule has 0 bridgehead atoms. The van der Waals surface area contributed by atoms with Crippen LogP contribution in [0.4, 0.5) is 28.4 Å². The van der Waals surface area contributed by atoms with Crippen molar-refractivity contribution in [2.75, 3.05) is 11.4 Å². The number of esters is 1. The largest absolute Gasteiger partial charge is 0.524 e. The van der Waals surface area contributed by atoms with Gasteiger partial charge in [-0.3, -0.25) is 0 Å². The molecular formula is C30H23F3N3O7+. The molecule has 0 saturated carbocycles. The van der Waals surface area contributed by atoms with E-state index in [9.17, 15) is 47.8 Å². The van der Waals surface area contributed by atoms with E-state index < -0.39 is 64.1 Å². The fourth-order valence-electron chi connectivity index (χ4n) is 4.94. The normalized spacial score (nSPS) is 18.6. The number of allylic oxidation sites excluding steroid dienone is 1. The number of hydrogen-bond donors (Lipinski definition) is 2. The van der Waals surface area contributed by atoms with Crippen LogP contribution in [-0.4, -0.2) is 45.3 Å². The van der Waals surface area contributed by atoms with Crippen LogP contribution < -0.4 is 4.90 Å². The Bertz CT molecular complexity index is 1660. The Kier molecular flexibility index (Phi) is 8.36. The maximum Gasteiger partial charge on any atom is 0.524 e. The average Bonchev–Trinajstić information content (AvgIpc) is 2.97. The van der Waals surface area contributed by atoms with Crippen LogP contribution in [0.2, 0.25) is 0 Å². The minimum atomic E-state index is -4.84. The molecule has 3 aromatic rings. The van der Waals surface area contributed by atoms with Crippen molar-refractivity contribution in [3.63, 3.8) is 0 Å². The Morgan fingerprint density at radius 2 is 1.65 bits per heavy atom. The molecule has 10 nitrogen and oxygen atoms in total. The maximum absolute atomic E-state index is 14.3. The highest BCUT2D eigenvalue weighted by Gasteiger charge is 2.63. The van der Waals surface area contributed by atoms with Gasteiger partial charge in [0, 0.05) is 11.3 Å². The molecule has 2 unspecified atom stereocenters. The van der Waals surface area contributed by atoms with Gasteiger partial charge in [0.15, 0.2) is 12.6 Å². The molecule has 220 valence electrons. The average molecular weight is 595 g/mol. The SMILES string of the molecule is CC1=C(C(=O)O)C(c2ccc(C#N)cc2)[N+](CC(=O)OCc2ccccc2)(C(=O)O)C(=O)N1c1cccc(C(F)(F)F)c1. The van der Waals surface area contributed by atoms with Crippen molar-refractivity contribution in [1.29, 1.82) is 5.26 Å². The lowest BCUT2D eigenvalue weighted by molar-refractivity contribution is -0.796. The minimum Gasteiger partial charge on any atom is -0.478 e. The van der Waals surface area contributed by atoms with Gasteiger partial charge in [-0.2, -0.15) is 23.2 Å². The van der Waals surface area contributed by atoms with Crippen LogP contribution in [-0.2, 0) is 27.1 Å². The number of carboxylic acids is 1. The summed E-state index contributed by atoms with van der Waals surface area (Å²) in [6.45, 7) is -0.361. The molecule has 0 spiro atoms. The van der Waals surface area contributed by atoms with Crippen LogP contribution >= 0.6 is 0 Å². The zero-order valence-corrected chi connectivity index (χ0v) is 22.4. The lowest BCUT2D eigenvalue weighted by atomic mass is 9.90. The number of carbonyl (C=O) groups is 4. The summed E-state index contributed by atoms with van der Waals surface area (Å²) in [4.78, 5) is 53.9. The van der Waals surface area contributed by atoms with Gasteiger partial charge in [0.2, 0.25) is 0 Å². The predicted octanol–water partition coefficient (Wildman–Crippen LogP) is 5.86. The number of nitriles is 1. The van der Waals surface area contributed by atoms with Crippen molar-refractivity contribution in [2.24, 2.45) is 0 Å². The van der Waals surface area contributed by atoms with Crippen LogP contribution in [0.1, 0.15) is 35.2 Å². The zero-order valence-electron chi connectivity index (χ0n) is 22.4. The van der Waals surface area contributed by atoms with E-state index in [1.54, 1.807) is 30.3 Å². The Labute approximate surface area is 242 Å². The summed E-state index contributed by atoms with van der Waals surface area (Å²) in [5.41, 5.74) is -2.03. The number of hydrogen-bond acceptors (Lipinski definition) is 6. The third kappa shape index (κ3) is 5.81. The number of imide groups is 1. The van der Waals surface area contributed by atoms with Crippen molar-refractivity contribution in [2.45, 2.75) is 25.7 Å². The molecule has 4 rings (SSSR count).